The van der Waals surface area contributed by atoms with Crippen molar-refractivity contribution in [1.82, 2.24) is 10.2 Å². The van der Waals surface area contributed by atoms with E-state index in [1.165, 1.54) is 31.5 Å². The third-order valence-electron chi connectivity index (χ3n) is 5.84. The van der Waals surface area contributed by atoms with Gasteiger partial charge >= 0.3 is 0 Å². The molecule has 1 amide bonds. The SMILES string of the molecule is Cc1ccc(C2C=CC(C(=O)N[C@@H]3C4CCN(CC4)[C@H]3C)=N2)cc1. The molecule has 3 atom stereocenters. The van der Waals surface area contributed by atoms with Gasteiger partial charge in [-0.2, -0.15) is 0 Å². The van der Waals surface area contributed by atoms with Crippen LogP contribution in [-0.2, 0) is 4.79 Å². The van der Waals surface area contributed by atoms with E-state index in [0.717, 1.165) is 5.56 Å². The van der Waals surface area contributed by atoms with Gasteiger partial charge in [-0.1, -0.05) is 35.9 Å². The van der Waals surface area contributed by atoms with E-state index in [2.05, 4.69) is 53.3 Å². The maximum atomic E-state index is 12.7. The molecule has 0 aliphatic carbocycles. The zero-order chi connectivity index (χ0) is 16.7. The molecule has 3 fully saturated rings. The maximum Gasteiger partial charge on any atom is 0.269 e. The molecule has 4 aliphatic rings. The summed E-state index contributed by atoms with van der Waals surface area (Å²) in [5.74, 6) is 0.597. The van der Waals surface area contributed by atoms with Crippen LogP contribution in [0.15, 0.2) is 41.4 Å². The van der Waals surface area contributed by atoms with E-state index in [4.69, 9.17) is 0 Å². The summed E-state index contributed by atoms with van der Waals surface area (Å²) >= 11 is 0. The molecule has 4 aliphatic heterocycles. The number of aryl methyl sites for hydroxylation is 1. The molecule has 1 aromatic rings. The Bertz CT molecular complexity index is 681. The molecule has 4 heteroatoms. The predicted molar refractivity (Wildman–Crippen MR) is 96.2 cm³/mol. The molecule has 0 radical (unpaired) electrons. The highest BCUT2D eigenvalue weighted by Gasteiger charge is 2.40. The fourth-order valence-corrected chi connectivity index (χ4v) is 4.27. The quantitative estimate of drug-likeness (QED) is 0.929. The lowest BCUT2D eigenvalue weighted by Gasteiger charge is -2.49. The summed E-state index contributed by atoms with van der Waals surface area (Å²) in [5.41, 5.74) is 2.93. The summed E-state index contributed by atoms with van der Waals surface area (Å²) in [6, 6.07) is 9.01. The van der Waals surface area contributed by atoms with Gasteiger partial charge in [-0.05, 0) is 57.3 Å². The van der Waals surface area contributed by atoms with Crippen molar-refractivity contribution in [3.8, 4) is 0 Å². The second-order valence-corrected chi connectivity index (χ2v) is 7.34. The number of benzene rings is 1. The Morgan fingerprint density at radius 1 is 1.21 bits per heavy atom. The number of carbonyl (C=O) groups is 1. The zero-order valence-corrected chi connectivity index (χ0v) is 14.4. The van der Waals surface area contributed by atoms with Crippen LogP contribution in [0.3, 0.4) is 0 Å². The highest BCUT2D eigenvalue weighted by molar-refractivity contribution is 6.44. The molecule has 4 heterocycles. The van der Waals surface area contributed by atoms with Gasteiger partial charge < -0.3 is 5.32 Å². The number of carbonyl (C=O) groups excluding carboxylic acids is 1. The Kier molecular flexibility index (Phi) is 4.01. The smallest absolute Gasteiger partial charge is 0.269 e. The molecule has 1 unspecified atom stereocenters. The second kappa shape index (κ2) is 6.17. The van der Waals surface area contributed by atoms with Gasteiger partial charge in [-0.3, -0.25) is 14.7 Å². The number of rotatable bonds is 3. The molecule has 24 heavy (non-hydrogen) atoms. The normalized spacial score (nSPS) is 34.2. The van der Waals surface area contributed by atoms with Crippen molar-refractivity contribution in [3.05, 3.63) is 47.5 Å². The van der Waals surface area contributed by atoms with Gasteiger partial charge in [-0.15, -0.1) is 0 Å². The number of nitrogens with one attached hydrogen (secondary N) is 1. The average Bonchev–Trinajstić information content (AvgIpc) is 3.09. The molecule has 2 bridgehead atoms. The fraction of sp³-hybridized carbons (Fsp3) is 0.500. The maximum absolute atomic E-state index is 12.7. The third-order valence-corrected chi connectivity index (χ3v) is 5.84. The third kappa shape index (κ3) is 2.80. The molecular formula is C20H25N3O. The van der Waals surface area contributed by atoms with Crippen LogP contribution in [0.5, 0.6) is 0 Å². The van der Waals surface area contributed by atoms with Crippen molar-refractivity contribution in [2.24, 2.45) is 10.9 Å². The number of nitrogens with zero attached hydrogens (tertiary/aromatic N) is 2. The van der Waals surface area contributed by atoms with E-state index >= 15 is 0 Å². The van der Waals surface area contributed by atoms with Crippen molar-refractivity contribution in [2.45, 2.75) is 44.8 Å². The summed E-state index contributed by atoms with van der Waals surface area (Å²) in [7, 11) is 0. The molecule has 3 saturated heterocycles. The molecular weight excluding hydrogens is 298 g/mol. The number of hydrogen-bond acceptors (Lipinski definition) is 3. The summed E-state index contributed by atoms with van der Waals surface area (Å²) in [4.78, 5) is 19.8. The summed E-state index contributed by atoms with van der Waals surface area (Å²) < 4.78 is 0. The van der Waals surface area contributed by atoms with Crippen LogP contribution in [0.25, 0.3) is 0 Å². The highest BCUT2D eigenvalue weighted by atomic mass is 16.2. The Morgan fingerprint density at radius 3 is 2.58 bits per heavy atom. The second-order valence-electron chi connectivity index (χ2n) is 7.34. The number of aliphatic imine (C=N–C) groups is 1. The Hall–Kier alpha value is -1.94. The van der Waals surface area contributed by atoms with E-state index in [9.17, 15) is 4.79 Å². The van der Waals surface area contributed by atoms with E-state index in [1.54, 1.807) is 0 Å². The van der Waals surface area contributed by atoms with E-state index < -0.39 is 0 Å². The first-order valence-corrected chi connectivity index (χ1v) is 8.99. The van der Waals surface area contributed by atoms with Gasteiger partial charge in [-0.25, -0.2) is 0 Å². The minimum atomic E-state index is -0.0321. The lowest BCUT2D eigenvalue weighted by Crippen LogP contribution is -2.62. The first-order valence-electron chi connectivity index (χ1n) is 8.99. The van der Waals surface area contributed by atoms with Gasteiger partial charge in [0, 0.05) is 12.1 Å². The van der Waals surface area contributed by atoms with Crippen molar-refractivity contribution in [2.75, 3.05) is 13.1 Å². The van der Waals surface area contributed by atoms with E-state index in [1.807, 2.05) is 12.2 Å². The fourth-order valence-electron chi connectivity index (χ4n) is 4.27. The summed E-state index contributed by atoms with van der Waals surface area (Å²) in [6.45, 7) is 6.66. The van der Waals surface area contributed by atoms with Crippen molar-refractivity contribution in [1.29, 1.82) is 0 Å². The van der Waals surface area contributed by atoms with Crippen LogP contribution in [0.1, 0.15) is 36.9 Å². The Balaban J connectivity index is 1.45. The number of piperidine rings is 3. The van der Waals surface area contributed by atoms with Gasteiger partial charge in [0.05, 0.1) is 6.04 Å². The van der Waals surface area contributed by atoms with E-state index in [-0.39, 0.29) is 18.0 Å². The predicted octanol–water partition coefficient (Wildman–Crippen LogP) is 2.65. The number of hydrogen-bond donors (Lipinski definition) is 1. The summed E-state index contributed by atoms with van der Waals surface area (Å²) in [5, 5.41) is 3.26. The van der Waals surface area contributed by atoms with Gasteiger partial charge in [0.2, 0.25) is 0 Å². The minimum Gasteiger partial charge on any atom is -0.346 e. The Labute approximate surface area is 143 Å². The van der Waals surface area contributed by atoms with Crippen molar-refractivity contribution in [3.63, 3.8) is 0 Å². The monoisotopic (exact) mass is 323 g/mol. The largest absolute Gasteiger partial charge is 0.346 e. The first-order chi connectivity index (χ1) is 11.6. The van der Waals surface area contributed by atoms with Gasteiger partial charge in [0.25, 0.3) is 5.91 Å². The lowest BCUT2D eigenvalue weighted by atomic mass is 9.79. The Morgan fingerprint density at radius 2 is 1.92 bits per heavy atom. The van der Waals surface area contributed by atoms with Crippen LogP contribution in [-0.4, -0.2) is 41.7 Å². The van der Waals surface area contributed by atoms with Crippen LogP contribution in [0.2, 0.25) is 0 Å². The number of fused-ring (bicyclic) bond motifs is 3. The standard InChI is InChI=1S/C20H25N3O/c1-13-3-5-15(6-4-13)17-7-8-18(21-17)20(24)22-19-14(2)23-11-9-16(19)10-12-23/h3-8,14,16-17,19H,9-12H2,1-2H3,(H,22,24)/t14-,17?,19-/m0/s1. The minimum absolute atomic E-state index is 0.0218. The van der Waals surface area contributed by atoms with Crippen LogP contribution >= 0.6 is 0 Å². The molecule has 0 aromatic heterocycles. The molecule has 0 spiro atoms. The topological polar surface area (TPSA) is 44.7 Å². The molecule has 4 nitrogen and oxygen atoms in total. The molecule has 1 N–H and O–H groups in total. The molecule has 126 valence electrons. The molecule has 1 aromatic carbocycles. The molecule has 0 saturated carbocycles. The van der Waals surface area contributed by atoms with E-state index in [0.29, 0.717) is 17.7 Å². The average molecular weight is 323 g/mol. The zero-order valence-electron chi connectivity index (χ0n) is 14.4. The molecule has 5 rings (SSSR count). The van der Waals surface area contributed by atoms with Crippen LogP contribution in [0, 0.1) is 12.8 Å². The van der Waals surface area contributed by atoms with Crippen molar-refractivity contribution >= 4 is 11.6 Å². The van der Waals surface area contributed by atoms with Crippen LogP contribution in [0.4, 0.5) is 0 Å². The summed E-state index contributed by atoms with van der Waals surface area (Å²) in [6.07, 6.45) is 6.28. The van der Waals surface area contributed by atoms with Crippen LogP contribution < -0.4 is 5.32 Å². The highest BCUT2D eigenvalue weighted by Crippen LogP contribution is 2.32. The number of amides is 1. The van der Waals surface area contributed by atoms with Gasteiger partial charge in [0.15, 0.2) is 0 Å². The lowest BCUT2D eigenvalue weighted by molar-refractivity contribution is -0.117. The first kappa shape index (κ1) is 15.6. The van der Waals surface area contributed by atoms with Crippen molar-refractivity contribution < 1.29 is 4.79 Å². The van der Waals surface area contributed by atoms with Gasteiger partial charge in [0.1, 0.15) is 5.71 Å².